The molecule has 0 amide bonds. The molecule has 0 saturated heterocycles. The van der Waals surface area contributed by atoms with E-state index in [0.29, 0.717) is 17.7 Å². The molecule has 1 atom stereocenters. The number of rotatable bonds is 4. The Morgan fingerprint density at radius 3 is 2.63 bits per heavy atom. The van der Waals surface area contributed by atoms with Gasteiger partial charge in [-0.2, -0.15) is 0 Å². The standard InChI is InChI=1S/C14H13ClF2N2/c1-18-12(14-11(17)6-3-7-19-14)8-9-4-2-5-10(16)13(9)15/h2-7,12,18H,8H2,1H3. The smallest absolute Gasteiger partial charge is 0.146 e. The lowest BCUT2D eigenvalue weighted by atomic mass is 10.0. The van der Waals surface area contributed by atoms with Gasteiger partial charge in [0.15, 0.2) is 0 Å². The van der Waals surface area contributed by atoms with Gasteiger partial charge in [0.25, 0.3) is 0 Å². The molecule has 2 nitrogen and oxygen atoms in total. The monoisotopic (exact) mass is 282 g/mol. The highest BCUT2D eigenvalue weighted by atomic mass is 35.5. The van der Waals surface area contributed by atoms with Crippen molar-refractivity contribution in [2.24, 2.45) is 0 Å². The number of hydrogen-bond donors (Lipinski definition) is 1. The quantitative estimate of drug-likeness (QED) is 0.928. The maximum atomic E-state index is 13.7. The first kappa shape index (κ1) is 13.9. The summed E-state index contributed by atoms with van der Waals surface area (Å²) in [4.78, 5) is 4.02. The van der Waals surface area contributed by atoms with Gasteiger partial charge in [-0.05, 0) is 37.2 Å². The second-order valence-electron chi connectivity index (χ2n) is 4.13. The summed E-state index contributed by atoms with van der Waals surface area (Å²) in [6, 6.07) is 7.11. The van der Waals surface area contributed by atoms with E-state index >= 15 is 0 Å². The van der Waals surface area contributed by atoms with E-state index in [9.17, 15) is 8.78 Å². The van der Waals surface area contributed by atoms with E-state index in [0.717, 1.165) is 0 Å². The van der Waals surface area contributed by atoms with Gasteiger partial charge < -0.3 is 5.32 Å². The molecule has 0 saturated carbocycles. The van der Waals surface area contributed by atoms with E-state index in [1.54, 1.807) is 19.2 Å². The van der Waals surface area contributed by atoms with E-state index in [2.05, 4.69) is 10.3 Å². The summed E-state index contributed by atoms with van der Waals surface area (Å²) in [6.45, 7) is 0. The molecular weight excluding hydrogens is 270 g/mol. The normalized spacial score (nSPS) is 12.4. The molecule has 1 aromatic heterocycles. The van der Waals surface area contributed by atoms with Crippen LogP contribution in [0, 0.1) is 11.6 Å². The van der Waals surface area contributed by atoms with Crippen molar-refractivity contribution in [3.63, 3.8) is 0 Å². The second-order valence-corrected chi connectivity index (χ2v) is 4.51. The van der Waals surface area contributed by atoms with Crippen molar-refractivity contribution in [2.45, 2.75) is 12.5 Å². The van der Waals surface area contributed by atoms with Crippen LogP contribution in [0.2, 0.25) is 5.02 Å². The number of aromatic nitrogens is 1. The van der Waals surface area contributed by atoms with Gasteiger partial charge in [-0.25, -0.2) is 8.78 Å². The third-order valence-corrected chi connectivity index (χ3v) is 3.34. The zero-order chi connectivity index (χ0) is 13.8. The predicted molar refractivity (Wildman–Crippen MR) is 71.1 cm³/mol. The van der Waals surface area contributed by atoms with Gasteiger partial charge in [-0.1, -0.05) is 23.7 Å². The largest absolute Gasteiger partial charge is 0.311 e. The molecule has 0 fully saturated rings. The van der Waals surface area contributed by atoms with Crippen LogP contribution in [-0.2, 0) is 6.42 Å². The minimum atomic E-state index is -0.476. The van der Waals surface area contributed by atoms with Crippen molar-refractivity contribution >= 4 is 11.6 Å². The fraction of sp³-hybridized carbons (Fsp3) is 0.214. The van der Waals surface area contributed by atoms with Crippen molar-refractivity contribution < 1.29 is 8.78 Å². The summed E-state index contributed by atoms with van der Waals surface area (Å²) < 4.78 is 27.1. The minimum Gasteiger partial charge on any atom is -0.311 e. The van der Waals surface area contributed by atoms with Crippen molar-refractivity contribution in [3.05, 3.63) is 64.4 Å². The number of benzene rings is 1. The van der Waals surface area contributed by atoms with Gasteiger partial charge in [0.1, 0.15) is 11.6 Å². The lowest BCUT2D eigenvalue weighted by Gasteiger charge is -2.17. The van der Waals surface area contributed by atoms with Crippen LogP contribution in [0.4, 0.5) is 8.78 Å². The van der Waals surface area contributed by atoms with Gasteiger partial charge in [0.05, 0.1) is 16.8 Å². The van der Waals surface area contributed by atoms with Crippen molar-refractivity contribution in [3.8, 4) is 0 Å². The molecule has 0 radical (unpaired) electrons. The van der Waals surface area contributed by atoms with Gasteiger partial charge in [-0.15, -0.1) is 0 Å². The first-order chi connectivity index (χ1) is 9.13. The van der Waals surface area contributed by atoms with E-state index < -0.39 is 11.6 Å². The molecule has 0 spiro atoms. The summed E-state index contributed by atoms with van der Waals surface area (Å²) in [5.74, 6) is -0.870. The first-order valence-electron chi connectivity index (χ1n) is 5.84. The Kier molecular flexibility index (Phi) is 4.45. The molecular formula is C14H13ClF2N2. The fourth-order valence-corrected chi connectivity index (χ4v) is 2.12. The highest BCUT2D eigenvalue weighted by Gasteiger charge is 2.18. The fourth-order valence-electron chi connectivity index (χ4n) is 1.92. The molecule has 0 aliphatic rings. The van der Waals surface area contributed by atoms with Gasteiger partial charge >= 0.3 is 0 Å². The maximum absolute atomic E-state index is 13.7. The van der Waals surface area contributed by atoms with Crippen LogP contribution in [0.5, 0.6) is 0 Å². The van der Waals surface area contributed by atoms with Crippen molar-refractivity contribution in [1.82, 2.24) is 10.3 Å². The summed E-state index contributed by atoms with van der Waals surface area (Å²) in [6.07, 6.45) is 1.89. The summed E-state index contributed by atoms with van der Waals surface area (Å²) in [5.41, 5.74) is 0.913. The highest BCUT2D eigenvalue weighted by molar-refractivity contribution is 6.31. The molecule has 1 N–H and O–H groups in total. The molecule has 1 heterocycles. The maximum Gasteiger partial charge on any atom is 0.146 e. The molecule has 1 unspecified atom stereocenters. The third-order valence-electron chi connectivity index (χ3n) is 2.92. The lowest BCUT2D eigenvalue weighted by Crippen LogP contribution is -2.21. The lowest BCUT2D eigenvalue weighted by molar-refractivity contribution is 0.515. The molecule has 2 rings (SSSR count). The Bertz CT molecular complexity index is 575. The van der Waals surface area contributed by atoms with Gasteiger partial charge in [0, 0.05) is 6.20 Å². The molecule has 0 aliphatic heterocycles. The highest BCUT2D eigenvalue weighted by Crippen LogP contribution is 2.25. The van der Waals surface area contributed by atoms with Crippen LogP contribution < -0.4 is 5.32 Å². The van der Waals surface area contributed by atoms with Crippen LogP contribution in [0.25, 0.3) is 0 Å². The van der Waals surface area contributed by atoms with Crippen LogP contribution in [0.15, 0.2) is 36.5 Å². The zero-order valence-electron chi connectivity index (χ0n) is 10.3. The SMILES string of the molecule is CNC(Cc1cccc(F)c1Cl)c1ncccc1F. The Morgan fingerprint density at radius 2 is 1.95 bits per heavy atom. The molecule has 0 aliphatic carbocycles. The van der Waals surface area contributed by atoms with Crippen LogP contribution in [-0.4, -0.2) is 12.0 Å². The zero-order valence-corrected chi connectivity index (χ0v) is 11.1. The average Bonchev–Trinajstić information content (AvgIpc) is 2.41. The molecule has 2 aromatic rings. The van der Waals surface area contributed by atoms with E-state index in [1.807, 2.05) is 0 Å². The van der Waals surface area contributed by atoms with E-state index in [1.165, 1.54) is 24.4 Å². The molecule has 100 valence electrons. The number of nitrogens with one attached hydrogen (secondary N) is 1. The summed E-state index contributed by atoms with van der Waals surface area (Å²) in [7, 11) is 1.70. The molecule has 5 heteroatoms. The van der Waals surface area contributed by atoms with Crippen molar-refractivity contribution in [2.75, 3.05) is 7.05 Å². The molecule has 19 heavy (non-hydrogen) atoms. The van der Waals surface area contributed by atoms with Crippen LogP contribution in [0.1, 0.15) is 17.3 Å². The first-order valence-corrected chi connectivity index (χ1v) is 6.22. The molecule has 1 aromatic carbocycles. The Labute approximate surface area is 115 Å². The van der Waals surface area contributed by atoms with E-state index in [-0.39, 0.29) is 11.1 Å². The number of pyridine rings is 1. The summed E-state index contributed by atoms with van der Waals surface area (Å²) >= 11 is 5.90. The summed E-state index contributed by atoms with van der Waals surface area (Å²) in [5, 5.41) is 3.04. The second kappa shape index (κ2) is 6.08. The van der Waals surface area contributed by atoms with E-state index in [4.69, 9.17) is 11.6 Å². The number of hydrogen-bond acceptors (Lipinski definition) is 2. The van der Waals surface area contributed by atoms with Gasteiger partial charge in [0.2, 0.25) is 0 Å². The number of likely N-dealkylation sites (N-methyl/N-ethyl adjacent to an activating group) is 1. The number of nitrogens with zero attached hydrogens (tertiary/aromatic N) is 1. The topological polar surface area (TPSA) is 24.9 Å². The Balaban J connectivity index is 2.30. The molecule has 0 bridgehead atoms. The van der Waals surface area contributed by atoms with Crippen LogP contribution >= 0.6 is 11.6 Å². The van der Waals surface area contributed by atoms with Crippen molar-refractivity contribution in [1.29, 1.82) is 0 Å². The Hall–Kier alpha value is -1.52. The number of halogens is 3. The Morgan fingerprint density at radius 1 is 1.21 bits per heavy atom. The minimum absolute atomic E-state index is 0.0686. The van der Waals surface area contributed by atoms with Crippen LogP contribution in [0.3, 0.4) is 0 Å². The predicted octanol–water partition coefficient (Wildman–Crippen LogP) is 3.52. The van der Waals surface area contributed by atoms with Gasteiger partial charge in [-0.3, -0.25) is 4.98 Å². The average molecular weight is 283 g/mol. The third kappa shape index (κ3) is 3.08.